The SMILES string of the molecule is Cc1nc(-c2ccccc2)sc1C(=O)C1=C(O)C(=O)N(CCN(C)C)C1c1ccccc1. The quantitative estimate of drug-likeness (QED) is 0.548. The van der Waals surface area contributed by atoms with Crippen LogP contribution in [0.4, 0.5) is 0 Å². The van der Waals surface area contributed by atoms with Gasteiger partial charge in [-0.2, -0.15) is 0 Å². The average molecular weight is 448 g/mol. The fourth-order valence-electron chi connectivity index (χ4n) is 3.84. The van der Waals surface area contributed by atoms with E-state index in [-0.39, 0.29) is 11.4 Å². The summed E-state index contributed by atoms with van der Waals surface area (Å²) < 4.78 is 0. The van der Waals surface area contributed by atoms with Crippen LogP contribution in [0.5, 0.6) is 0 Å². The molecule has 0 saturated heterocycles. The van der Waals surface area contributed by atoms with E-state index >= 15 is 0 Å². The first-order chi connectivity index (χ1) is 15.4. The molecule has 1 amide bonds. The van der Waals surface area contributed by atoms with Crippen molar-refractivity contribution in [1.82, 2.24) is 14.8 Å². The number of carbonyl (C=O) groups is 2. The molecule has 0 fully saturated rings. The van der Waals surface area contributed by atoms with Gasteiger partial charge in [-0.15, -0.1) is 11.3 Å². The summed E-state index contributed by atoms with van der Waals surface area (Å²) >= 11 is 1.28. The number of hydrogen-bond donors (Lipinski definition) is 1. The monoisotopic (exact) mass is 447 g/mol. The van der Waals surface area contributed by atoms with Gasteiger partial charge in [0.2, 0.25) is 5.78 Å². The summed E-state index contributed by atoms with van der Waals surface area (Å²) in [6, 6.07) is 18.4. The van der Waals surface area contributed by atoms with Gasteiger partial charge in [-0.25, -0.2) is 4.98 Å². The topological polar surface area (TPSA) is 73.7 Å². The van der Waals surface area contributed by atoms with Crippen LogP contribution in [0.25, 0.3) is 10.6 Å². The van der Waals surface area contributed by atoms with Crippen LogP contribution in [0.15, 0.2) is 72.0 Å². The number of benzene rings is 2. The lowest BCUT2D eigenvalue weighted by atomic mass is 9.95. The molecule has 1 unspecified atom stereocenters. The number of likely N-dealkylation sites (N-methyl/N-ethyl adjacent to an activating group) is 1. The largest absolute Gasteiger partial charge is 0.503 e. The number of aryl methyl sites for hydroxylation is 1. The Balaban J connectivity index is 1.76. The molecular formula is C25H25N3O3S. The molecule has 0 spiro atoms. The lowest BCUT2D eigenvalue weighted by Crippen LogP contribution is -2.36. The van der Waals surface area contributed by atoms with Gasteiger partial charge in [0, 0.05) is 18.7 Å². The van der Waals surface area contributed by atoms with Gasteiger partial charge >= 0.3 is 0 Å². The average Bonchev–Trinajstić information content (AvgIpc) is 3.31. The van der Waals surface area contributed by atoms with E-state index in [4.69, 9.17) is 0 Å². The molecule has 7 heteroatoms. The van der Waals surface area contributed by atoms with E-state index in [2.05, 4.69) is 4.98 Å². The Bertz CT molecular complexity index is 1170. The molecule has 1 atom stereocenters. The second kappa shape index (κ2) is 9.06. The summed E-state index contributed by atoms with van der Waals surface area (Å²) in [5, 5.41) is 11.5. The van der Waals surface area contributed by atoms with Crippen LogP contribution in [0.1, 0.15) is 27.0 Å². The molecule has 0 saturated carbocycles. The Morgan fingerprint density at radius 3 is 2.34 bits per heavy atom. The zero-order valence-corrected chi connectivity index (χ0v) is 19.1. The third kappa shape index (κ3) is 4.09. The highest BCUT2D eigenvalue weighted by atomic mass is 32.1. The number of ketones is 1. The highest BCUT2D eigenvalue weighted by Crippen LogP contribution is 2.40. The maximum Gasteiger partial charge on any atom is 0.290 e. The van der Waals surface area contributed by atoms with Crippen LogP contribution >= 0.6 is 11.3 Å². The van der Waals surface area contributed by atoms with E-state index in [1.807, 2.05) is 79.7 Å². The van der Waals surface area contributed by atoms with Crippen molar-refractivity contribution in [2.45, 2.75) is 13.0 Å². The Morgan fingerprint density at radius 2 is 1.72 bits per heavy atom. The molecule has 1 aromatic heterocycles. The molecule has 1 aliphatic heterocycles. The maximum atomic E-state index is 13.7. The van der Waals surface area contributed by atoms with Crippen LogP contribution < -0.4 is 0 Å². The second-order valence-electron chi connectivity index (χ2n) is 8.01. The van der Waals surface area contributed by atoms with E-state index in [1.54, 1.807) is 11.8 Å². The molecule has 32 heavy (non-hydrogen) atoms. The van der Waals surface area contributed by atoms with Gasteiger partial charge in [0.1, 0.15) is 5.01 Å². The number of aromatic nitrogens is 1. The van der Waals surface area contributed by atoms with Crippen LogP contribution in [0.3, 0.4) is 0 Å². The first-order valence-corrected chi connectivity index (χ1v) is 11.2. The third-order valence-corrected chi connectivity index (χ3v) is 6.68. The van der Waals surface area contributed by atoms with Crippen molar-refractivity contribution >= 4 is 23.0 Å². The van der Waals surface area contributed by atoms with Crippen molar-refractivity contribution < 1.29 is 14.7 Å². The molecular weight excluding hydrogens is 422 g/mol. The minimum absolute atomic E-state index is 0.117. The van der Waals surface area contributed by atoms with Crippen molar-refractivity contribution in [2.24, 2.45) is 0 Å². The maximum absolute atomic E-state index is 13.7. The molecule has 1 N–H and O–H groups in total. The van der Waals surface area contributed by atoms with Crippen molar-refractivity contribution in [3.63, 3.8) is 0 Å². The molecule has 2 heterocycles. The Hall–Kier alpha value is -3.29. The number of hydrogen-bond acceptors (Lipinski definition) is 6. The number of carbonyl (C=O) groups excluding carboxylic acids is 2. The van der Waals surface area contributed by atoms with E-state index in [9.17, 15) is 14.7 Å². The fourth-order valence-corrected chi connectivity index (χ4v) is 4.87. The van der Waals surface area contributed by atoms with E-state index in [1.165, 1.54) is 11.3 Å². The van der Waals surface area contributed by atoms with Crippen molar-refractivity contribution in [1.29, 1.82) is 0 Å². The molecule has 1 aliphatic rings. The van der Waals surface area contributed by atoms with Gasteiger partial charge in [-0.3, -0.25) is 9.59 Å². The highest BCUT2D eigenvalue weighted by molar-refractivity contribution is 7.17. The summed E-state index contributed by atoms with van der Waals surface area (Å²) in [7, 11) is 3.84. The molecule has 164 valence electrons. The van der Waals surface area contributed by atoms with Crippen LogP contribution in [0, 0.1) is 6.92 Å². The zero-order chi connectivity index (χ0) is 22.8. The number of thiazole rings is 1. The lowest BCUT2D eigenvalue weighted by Gasteiger charge is -2.28. The van der Waals surface area contributed by atoms with E-state index < -0.39 is 17.7 Å². The second-order valence-corrected chi connectivity index (χ2v) is 9.01. The van der Waals surface area contributed by atoms with Crippen LogP contribution in [-0.4, -0.2) is 58.8 Å². The van der Waals surface area contributed by atoms with Gasteiger partial charge in [0.05, 0.1) is 22.2 Å². The number of Topliss-reactive ketones (excluding diaryl/α,β-unsaturated/α-hetero) is 1. The Morgan fingerprint density at radius 1 is 1.09 bits per heavy atom. The lowest BCUT2D eigenvalue weighted by molar-refractivity contribution is -0.129. The van der Waals surface area contributed by atoms with Crippen molar-refractivity contribution in [3.8, 4) is 10.6 Å². The summed E-state index contributed by atoms with van der Waals surface area (Å²) in [6.45, 7) is 2.79. The highest BCUT2D eigenvalue weighted by Gasteiger charge is 2.44. The number of aliphatic hydroxyl groups is 1. The molecule has 0 bridgehead atoms. The summed E-state index contributed by atoms with van der Waals surface area (Å²) in [5.74, 6) is -1.35. The minimum atomic E-state index is -0.641. The predicted molar refractivity (Wildman–Crippen MR) is 126 cm³/mol. The zero-order valence-electron chi connectivity index (χ0n) is 18.3. The molecule has 3 aromatic rings. The molecule has 6 nitrogen and oxygen atoms in total. The van der Waals surface area contributed by atoms with Gasteiger partial charge < -0.3 is 14.9 Å². The third-order valence-electron chi connectivity index (χ3n) is 5.48. The molecule has 0 radical (unpaired) electrons. The van der Waals surface area contributed by atoms with Crippen molar-refractivity contribution in [3.05, 3.63) is 88.1 Å². The minimum Gasteiger partial charge on any atom is -0.503 e. The normalized spacial score (nSPS) is 16.3. The fraction of sp³-hybridized carbons (Fsp3) is 0.240. The van der Waals surface area contributed by atoms with Gasteiger partial charge in [-0.05, 0) is 26.6 Å². The summed E-state index contributed by atoms with van der Waals surface area (Å²) in [6.07, 6.45) is 0. The van der Waals surface area contributed by atoms with Crippen molar-refractivity contribution in [2.75, 3.05) is 27.2 Å². The predicted octanol–water partition coefficient (Wildman–Crippen LogP) is 4.26. The van der Waals surface area contributed by atoms with E-state index in [0.717, 1.165) is 16.1 Å². The molecule has 2 aromatic carbocycles. The first-order valence-electron chi connectivity index (χ1n) is 10.4. The number of nitrogens with zero attached hydrogens (tertiary/aromatic N) is 3. The summed E-state index contributed by atoms with van der Waals surface area (Å²) in [4.78, 5) is 35.3. The number of aliphatic hydroxyl groups excluding tert-OH is 1. The first kappa shape index (κ1) is 21.9. The number of rotatable bonds is 7. The smallest absolute Gasteiger partial charge is 0.290 e. The Labute approximate surface area is 191 Å². The molecule has 0 aliphatic carbocycles. The standard InChI is InChI=1S/C25H25N3O3S/c1-16-23(32-24(26-16)18-12-8-5-9-13-18)21(29)19-20(17-10-6-4-7-11-17)28(15-14-27(2)3)25(31)22(19)30/h4-13,20,30H,14-15H2,1-3H3. The number of amides is 1. The summed E-state index contributed by atoms with van der Waals surface area (Å²) in [5.41, 5.74) is 2.42. The van der Waals surface area contributed by atoms with Crippen LogP contribution in [0.2, 0.25) is 0 Å². The Kier molecular flexibility index (Phi) is 6.21. The van der Waals surface area contributed by atoms with Gasteiger partial charge in [-0.1, -0.05) is 60.7 Å². The van der Waals surface area contributed by atoms with Gasteiger partial charge in [0.25, 0.3) is 5.91 Å². The van der Waals surface area contributed by atoms with Crippen LogP contribution in [-0.2, 0) is 4.79 Å². The van der Waals surface area contributed by atoms with E-state index in [0.29, 0.717) is 23.7 Å². The molecule has 4 rings (SSSR count). The van der Waals surface area contributed by atoms with Gasteiger partial charge in [0.15, 0.2) is 5.76 Å².